The summed E-state index contributed by atoms with van der Waals surface area (Å²) in [5.74, 6) is 0. The minimum absolute atomic E-state index is 1.16. The monoisotopic (exact) mass is 338 g/mol. The Morgan fingerprint density at radius 2 is 1.41 bits per heavy atom. The second-order valence-electron chi connectivity index (χ2n) is 3.51. The largest absolute Gasteiger partial charge is 0.143 e. The van der Waals surface area contributed by atoms with E-state index in [4.69, 9.17) is 0 Å². The van der Waals surface area contributed by atoms with Crippen LogP contribution in [-0.2, 0) is 0 Å². The zero-order valence-electron chi connectivity index (χ0n) is 8.76. The molecular formula is C13H8BrPS2. The quantitative estimate of drug-likeness (QED) is 0.501. The summed E-state index contributed by atoms with van der Waals surface area (Å²) in [6.07, 6.45) is 0. The average molecular weight is 339 g/mol. The van der Waals surface area contributed by atoms with Gasteiger partial charge in [0.25, 0.3) is 0 Å². The normalized spacial score (nSPS) is 10.6. The van der Waals surface area contributed by atoms with Gasteiger partial charge in [-0.1, -0.05) is 36.3 Å². The molecule has 17 heavy (non-hydrogen) atoms. The van der Waals surface area contributed by atoms with Gasteiger partial charge >= 0.3 is 0 Å². The fourth-order valence-electron chi connectivity index (χ4n) is 1.60. The van der Waals surface area contributed by atoms with Gasteiger partial charge in [-0.15, -0.1) is 22.7 Å². The molecule has 3 heterocycles. The molecule has 0 aliphatic carbocycles. The van der Waals surface area contributed by atoms with E-state index in [2.05, 4.69) is 63.1 Å². The van der Waals surface area contributed by atoms with Crippen LogP contribution in [-0.4, -0.2) is 0 Å². The van der Waals surface area contributed by atoms with E-state index in [1.54, 1.807) is 22.7 Å². The molecule has 0 atom stereocenters. The van der Waals surface area contributed by atoms with E-state index in [0.29, 0.717) is 0 Å². The van der Waals surface area contributed by atoms with Gasteiger partial charge < -0.3 is 0 Å². The van der Waals surface area contributed by atoms with E-state index >= 15 is 0 Å². The van der Waals surface area contributed by atoms with Gasteiger partial charge in [0.15, 0.2) is 0 Å². The van der Waals surface area contributed by atoms with Gasteiger partial charge in [0.05, 0.1) is 0 Å². The van der Waals surface area contributed by atoms with Crippen molar-refractivity contribution in [3.8, 4) is 20.3 Å². The van der Waals surface area contributed by atoms with Gasteiger partial charge in [-0.3, -0.25) is 0 Å². The van der Waals surface area contributed by atoms with Crippen molar-refractivity contribution >= 4 is 46.8 Å². The van der Waals surface area contributed by atoms with Crippen LogP contribution >= 0.6 is 46.8 Å². The van der Waals surface area contributed by atoms with Gasteiger partial charge in [-0.25, -0.2) is 0 Å². The van der Waals surface area contributed by atoms with Crippen molar-refractivity contribution in [3.63, 3.8) is 0 Å². The molecule has 3 aromatic heterocycles. The summed E-state index contributed by atoms with van der Waals surface area (Å²) in [6.45, 7) is 0. The fraction of sp³-hybridized carbons (Fsp3) is 0. The molecule has 0 spiro atoms. The van der Waals surface area contributed by atoms with Crippen molar-refractivity contribution in [2.24, 2.45) is 0 Å². The van der Waals surface area contributed by atoms with E-state index in [1.165, 1.54) is 28.5 Å². The SMILES string of the molecule is Brc1cc(-c2cccs2)pc(-c2cccs2)c1. The number of thiophene rings is 2. The standard InChI is InChI=1S/C13H8BrPS2/c14-9-7-10(12-3-1-5-16-12)15-11(8-9)13-4-2-6-17-13/h1-8H. The Morgan fingerprint density at radius 3 is 1.82 bits per heavy atom. The van der Waals surface area contributed by atoms with Crippen LogP contribution in [0.25, 0.3) is 20.3 Å². The molecule has 3 rings (SSSR count). The number of hydrogen-bond donors (Lipinski definition) is 0. The fourth-order valence-corrected chi connectivity index (χ4v) is 5.32. The van der Waals surface area contributed by atoms with Crippen LogP contribution in [0.15, 0.2) is 51.6 Å². The molecule has 0 nitrogen and oxygen atoms in total. The maximum absolute atomic E-state index is 3.61. The summed E-state index contributed by atoms with van der Waals surface area (Å²) in [6, 6.07) is 13.0. The maximum Gasteiger partial charge on any atom is 0.0389 e. The molecule has 3 aromatic rings. The van der Waals surface area contributed by atoms with Crippen LogP contribution in [0.2, 0.25) is 0 Å². The Balaban J connectivity index is 2.13. The summed E-state index contributed by atoms with van der Waals surface area (Å²) in [7, 11) is 1.30. The third-order valence-corrected chi connectivity index (χ3v) is 6.13. The van der Waals surface area contributed by atoms with Crippen LogP contribution in [0.5, 0.6) is 0 Å². The predicted octanol–water partition coefficient (Wildman–Crippen LogP) is 6.49. The molecule has 0 radical (unpaired) electrons. The van der Waals surface area contributed by atoms with Gasteiger partial charge in [-0.2, -0.15) is 0 Å². The summed E-state index contributed by atoms with van der Waals surface area (Å²) < 4.78 is 1.16. The summed E-state index contributed by atoms with van der Waals surface area (Å²) in [5.41, 5.74) is 0. The molecule has 0 unspecified atom stereocenters. The Bertz CT molecular complexity index is 562. The van der Waals surface area contributed by atoms with Crippen LogP contribution < -0.4 is 0 Å². The first-order valence-corrected chi connectivity index (χ1v) is 8.53. The molecule has 0 aromatic carbocycles. The van der Waals surface area contributed by atoms with E-state index < -0.39 is 0 Å². The van der Waals surface area contributed by atoms with Crippen molar-refractivity contribution in [1.29, 1.82) is 0 Å². The van der Waals surface area contributed by atoms with Crippen LogP contribution in [0.1, 0.15) is 0 Å². The topological polar surface area (TPSA) is 0 Å². The van der Waals surface area contributed by atoms with E-state index in [-0.39, 0.29) is 0 Å². The minimum Gasteiger partial charge on any atom is -0.143 e. The first-order valence-electron chi connectivity index (χ1n) is 5.08. The number of hydrogen-bond acceptors (Lipinski definition) is 2. The van der Waals surface area contributed by atoms with Crippen molar-refractivity contribution < 1.29 is 0 Å². The Labute approximate surface area is 118 Å². The zero-order valence-corrected chi connectivity index (χ0v) is 12.9. The van der Waals surface area contributed by atoms with E-state index in [0.717, 1.165) is 4.47 Å². The predicted molar refractivity (Wildman–Crippen MR) is 83.3 cm³/mol. The molecule has 0 amide bonds. The lowest BCUT2D eigenvalue weighted by Gasteiger charge is -2.03. The first-order chi connectivity index (χ1) is 8.33. The van der Waals surface area contributed by atoms with Crippen molar-refractivity contribution in [2.75, 3.05) is 0 Å². The Kier molecular flexibility index (Phi) is 3.44. The molecule has 0 aliphatic rings. The highest BCUT2D eigenvalue weighted by molar-refractivity contribution is 9.10. The van der Waals surface area contributed by atoms with Crippen molar-refractivity contribution in [2.45, 2.75) is 0 Å². The smallest absolute Gasteiger partial charge is 0.0389 e. The molecule has 0 bridgehead atoms. The number of rotatable bonds is 2. The van der Waals surface area contributed by atoms with Crippen molar-refractivity contribution in [1.82, 2.24) is 0 Å². The van der Waals surface area contributed by atoms with Crippen LogP contribution in [0.4, 0.5) is 0 Å². The number of halogens is 1. The first kappa shape index (κ1) is 11.6. The molecule has 0 aliphatic heterocycles. The van der Waals surface area contributed by atoms with Crippen LogP contribution in [0, 0.1) is 0 Å². The Morgan fingerprint density at radius 1 is 0.882 bits per heavy atom. The molecule has 0 fully saturated rings. The summed E-state index contributed by atoms with van der Waals surface area (Å²) in [5, 5.41) is 7.00. The minimum atomic E-state index is 1.16. The lowest BCUT2D eigenvalue weighted by molar-refractivity contribution is 1.75. The highest BCUT2D eigenvalue weighted by Gasteiger charge is 2.06. The summed E-state index contributed by atoms with van der Waals surface area (Å²) >= 11 is 7.20. The Hall–Kier alpha value is -0.470. The zero-order chi connectivity index (χ0) is 11.7. The molecular weight excluding hydrogens is 331 g/mol. The average Bonchev–Trinajstić information content (AvgIpc) is 3.02. The second kappa shape index (κ2) is 5.03. The molecule has 84 valence electrons. The molecule has 4 heteroatoms. The van der Waals surface area contributed by atoms with Crippen LogP contribution in [0.3, 0.4) is 0 Å². The second-order valence-corrected chi connectivity index (χ2v) is 7.51. The third-order valence-electron chi connectivity index (χ3n) is 2.34. The van der Waals surface area contributed by atoms with Gasteiger partial charge in [-0.05, 0) is 35.0 Å². The summed E-state index contributed by atoms with van der Waals surface area (Å²) in [4.78, 5) is 2.71. The van der Waals surface area contributed by atoms with Gasteiger partial charge in [0.1, 0.15) is 0 Å². The molecule has 0 N–H and O–H groups in total. The lowest BCUT2D eigenvalue weighted by atomic mass is 10.3. The molecule has 0 saturated heterocycles. The van der Waals surface area contributed by atoms with Gasteiger partial charge in [0.2, 0.25) is 0 Å². The maximum atomic E-state index is 3.61. The highest BCUT2D eigenvalue weighted by atomic mass is 79.9. The highest BCUT2D eigenvalue weighted by Crippen LogP contribution is 2.42. The molecule has 0 saturated carbocycles. The lowest BCUT2D eigenvalue weighted by Crippen LogP contribution is -1.71. The van der Waals surface area contributed by atoms with E-state index in [9.17, 15) is 0 Å². The van der Waals surface area contributed by atoms with E-state index in [1.807, 2.05) is 0 Å². The van der Waals surface area contributed by atoms with Gasteiger partial charge in [0, 0.05) is 24.8 Å². The van der Waals surface area contributed by atoms with Crippen molar-refractivity contribution in [3.05, 3.63) is 51.6 Å². The third kappa shape index (κ3) is 2.53.